The molecule has 0 aliphatic heterocycles. The first-order valence-electron chi connectivity index (χ1n) is 7.39. The van der Waals surface area contributed by atoms with E-state index in [0.29, 0.717) is 0 Å². The summed E-state index contributed by atoms with van der Waals surface area (Å²) in [5.41, 5.74) is 2.64. The summed E-state index contributed by atoms with van der Waals surface area (Å²) >= 11 is 1.54. The molecule has 0 saturated carbocycles. The predicted molar refractivity (Wildman–Crippen MR) is 94.0 cm³/mol. The maximum Gasteiger partial charge on any atom is 0.191 e. The molecule has 0 amide bonds. The number of hydrogen-bond acceptors (Lipinski definition) is 5. The molecule has 1 aromatic carbocycles. The average molecular weight is 326 g/mol. The number of pyridine rings is 1. The molecule has 1 aromatic heterocycles. The Bertz CT molecular complexity index is 757. The zero-order valence-corrected chi connectivity index (χ0v) is 13.9. The van der Waals surface area contributed by atoms with Gasteiger partial charge in [0.1, 0.15) is 11.6 Å². The van der Waals surface area contributed by atoms with Crippen molar-refractivity contribution < 1.29 is 9.53 Å². The van der Waals surface area contributed by atoms with Crippen molar-refractivity contribution in [1.82, 2.24) is 4.98 Å². The summed E-state index contributed by atoms with van der Waals surface area (Å²) < 4.78 is 5.24. The highest BCUT2D eigenvalue weighted by Gasteiger charge is 2.25. The monoisotopic (exact) mass is 326 g/mol. The van der Waals surface area contributed by atoms with Gasteiger partial charge in [-0.2, -0.15) is 0 Å². The fraction of sp³-hybridized carbons (Fsp3) is 0.222. The molecule has 1 aliphatic rings. The van der Waals surface area contributed by atoms with Gasteiger partial charge in [-0.05, 0) is 55.0 Å². The normalized spacial score (nSPS) is 15.8. The molecule has 2 aromatic rings. The van der Waals surface area contributed by atoms with Crippen LogP contribution in [0.25, 0.3) is 0 Å². The van der Waals surface area contributed by atoms with Crippen LogP contribution in [0.2, 0.25) is 0 Å². The van der Waals surface area contributed by atoms with Gasteiger partial charge in [-0.25, -0.2) is 4.98 Å². The van der Waals surface area contributed by atoms with Gasteiger partial charge in [-0.1, -0.05) is 6.07 Å². The molecule has 1 aliphatic carbocycles. The number of ketones is 1. The van der Waals surface area contributed by atoms with Crippen molar-refractivity contribution in [3.05, 3.63) is 64.3 Å². The second kappa shape index (κ2) is 6.87. The lowest BCUT2D eigenvalue weighted by Crippen LogP contribution is -2.18. The fourth-order valence-corrected chi connectivity index (χ4v) is 3.33. The lowest BCUT2D eigenvalue weighted by atomic mass is 9.87. The number of rotatable bonds is 4. The van der Waals surface area contributed by atoms with Gasteiger partial charge in [0.25, 0.3) is 0 Å². The van der Waals surface area contributed by atoms with E-state index in [4.69, 9.17) is 4.74 Å². The molecule has 0 bridgehead atoms. The Kier molecular flexibility index (Phi) is 4.67. The summed E-state index contributed by atoms with van der Waals surface area (Å²) in [6.45, 7) is 0. The number of carbonyl (C=O) groups is 1. The SMILES string of the molecule is COc1ccc2c(c1)CC/C(=C(/Nc1ccccn1)SC)C2=O. The van der Waals surface area contributed by atoms with Gasteiger partial charge in [-0.15, -0.1) is 11.8 Å². The number of nitrogens with zero attached hydrogens (tertiary/aromatic N) is 1. The number of allylic oxidation sites excluding steroid dienone is 1. The van der Waals surface area contributed by atoms with Crippen LogP contribution in [0, 0.1) is 0 Å². The summed E-state index contributed by atoms with van der Waals surface area (Å²) in [6.07, 6.45) is 5.25. The van der Waals surface area contributed by atoms with E-state index in [1.807, 2.05) is 42.7 Å². The standard InChI is InChI=1S/C18H18N2O2S/c1-22-13-7-9-14-12(11-13)6-8-15(17(14)21)18(23-2)20-16-5-3-4-10-19-16/h3-5,7,9-11H,6,8H2,1-2H3,(H,19,20)/b18-15+. The van der Waals surface area contributed by atoms with Crippen LogP contribution in [-0.4, -0.2) is 24.1 Å². The summed E-state index contributed by atoms with van der Waals surface area (Å²) in [6, 6.07) is 11.3. The van der Waals surface area contributed by atoms with E-state index in [0.717, 1.165) is 46.1 Å². The number of fused-ring (bicyclic) bond motifs is 1. The van der Waals surface area contributed by atoms with Crippen LogP contribution >= 0.6 is 11.8 Å². The van der Waals surface area contributed by atoms with Crippen molar-refractivity contribution in [2.75, 3.05) is 18.7 Å². The van der Waals surface area contributed by atoms with Gasteiger partial charge in [0, 0.05) is 17.3 Å². The number of benzene rings is 1. The number of aromatic nitrogens is 1. The summed E-state index contributed by atoms with van der Waals surface area (Å²) in [4.78, 5) is 17.1. The Morgan fingerprint density at radius 2 is 2.13 bits per heavy atom. The van der Waals surface area contributed by atoms with Crippen LogP contribution in [0.5, 0.6) is 5.75 Å². The lowest BCUT2D eigenvalue weighted by Gasteiger charge is -2.21. The molecule has 0 unspecified atom stereocenters. The minimum Gasteiger partial charge on any atom is -0.497 e. The lowest BCUT2D eigenvalue weighted by molar-refractivity contribution is 0.102. The van der Waals surface area contributed by atoms with Crippen molar-refractivity contribution in [3.63, 3.8) is 0 Å². The highest BCUT2D eigenvalue weighted by Crippen LogP contribution is 2.32. The molecule has 5 heteroatoms. The third kappa shape index (κ3) is 3.24. The summed E-state index contributed by atoms with van der Waals surface area (Å²) in [7, 11) is 1.64. The van der Waals surface area contributed by atoms with Crippen molar-refractivity contribution in [1.29, 1.82) is 0 Å². The molecule has 1 heterocycles. The van der Waals surface area contributed by atoms with E-state index in [2.05, 4.69) is 10.3 Å². The smallest absolute Gasteiger partial charge is 0.191 e. The van der Waals surface area contributed by atoms with Gasteiger partial charge in [0.15, 0.2) is 5.78 Å². The number of ether oxygens (including phenoxy) is 1. The molecule has 0 atom stereocenters. The first kappa shape index (κ1) is 15.6. The number of nitrogens with one attached hydrogen (secondary N) is 1. The van der Waals surface area contributed by atoms with E-state index >= 15 is 0 Å². The molecule has 0 spiro atoms. The van der Waals surface area contributed by atoms with Crippen LogP contribution in [0.4, 0.5) is 5.82 Å². The van der Waals surface area contributed by atoms with Crippen LogP contribution in [0.3, 0.4) is 0 Å². The molecule has 0 fully saturated rings. The van der Waals surface area contributed by atoms with E-state index < -0.39 is 0 Å². The van der Waals surface area contributed by atoms with Gasteiger partial charge in [0.05, 0.1) is 12.1 Å². The molecule has 0 saturated heterocycles. The van der Waals surface area contributed by atoms with E-state index in [9.17, 15) is 4.79 Å². The number of aryl methyl sites for hydroxylation is 1. The Morgan fingerprint density at radius 3 is 2.83 bits per heavy atom. The third-order valence-electron chi connectivity index (χ3n) is 3.86. The number of methoxy groups -OCH3 is 1. The first-order chi connectivity index (χ1) is 11.2. The van der Waals surface area contributed by atoms with Gasteiger partial charge >= 0.3 is 0 Å². The highest BCUT2D eigenvalue weighted by atomic mass is 32.2. The number of anilines is 1. The maximum atomic E-state index is 12.8. The predicted octanol–water partition coefficient (Wildman–Crippen LogP) is 3.91. The number of thioether (sulfide) groups is 1. The van der Waals surface area contributed by atoms with Crippen molar-refractivity contribution in [3.8, 4) is 5.75 Å². The quantitative estimate of drug-likeness (QED) is 0.864. The van der Waals surface area contributed by atoms with E-state index in [1.54, 1.807) is 25.1 Å². The zero-order valence-electron chi connectivity index (χ0n) is 13.1. The van der Waals surface area contributed by atoms with E-state index in [-0.39, 0.29) is 5.78 Å². The number of hydrogen-bond donors (Lipinski definition) is 1. The molecule has 23 heavy (non-hydrogen) atoms. The second-order valence-corrected chi connectivity index (χ2v) is 6.02. The number of Topliss-reactive ketones (excluding diaryl/α,β-unsaturated/α-hetero) is 1. The average Bonchev–Trinajstić information content (AvgIpc) is 2.61. The largest absolute Gasteiger partial charge is 0.497 e. The third-order valence-corrected chi connectivity index (χ3v) is 4.62. The second-order valence-electron chi connectivity index (χ2n) is 5.20. The van der Waals surface area contributed by atoms with Gasteiger partial charge in [0.2, 0.25) is 0 Å². The van der Waals surface area contributed by atoms with Gasteiger partial charge in [-0.3, -0.25) is 4.79 Å². The maximum absolute atomic E-state index is 12.8. The van der Waals surface area contributed by atoms with Crippen LogP contribution in [-0.2, 0) is 6.42 Å². The van der Waals surface area contributed by atoms with Crippen LogP contribution < -0.4 is 10.1 Å². The van der Waals surface area contributed by atoms with Gasteiger partial charge < -0.3 is 10.1 Å². The Labute approximate surface area is 140 Å². The minimum atomic E-state index is 0.0849. The molecule has 118 valence electrons. The summed E-state index contributed by atoms with van der Waals surface area (Å²) in [5.74, 6) is 1.63. The first-order valence-corrected chi connectivity index (χ1v) is 8.62. The van der Waals surface area contributed by atoms with Crippen molar-refractivity contribution >= 4 is 23.4 Å². The molecule has 0 radical (unpaired) electrons. The Morgan fingerprint density at radius 1 is 1.26 bits per heavy atom. The molecular weight excluding hydrogens is 308 g/mol. The topological polar surface area (TPSA) is 51.2 Å². The Hall–Kier alpha value is -2.27. The summed E-state index contributed by atoms with van der Waals surface area (Å²) in [5, 5.41) is 4.14. The van der Waals surface area contributed by atoms with Crippen LogP contribution in [0.15, 0.2) is 53.2 Å². The molecule has 4 nitrogen and oxygen atoms in total. The fourth-order valence-electron chi connectivity index (χ4n) is 2.68. The Balaban J connectivity index is 1.94. The molecule has 1 N–H and O–H groups in total. The molecular formula is C18H18N2O2S. The minimum absolute atomic E-state index is 0.0849. The zero-order chi connectivity index (χ0) is 16.2. The van der Waals surface area contributed by atoms with Crippen molar-refractivity contribution in [2.45, 2.75) is 12.8 Å². The molecule has 3 rings (SSSR count). The van der Waals surface area contributed by atoms with Crippen LogP contribution in [0.1, 0.15) is 22.3 Å². The van der Waals surface area contributed by atoms with Crippen molar-refractivity contribution in [2.24, 2.45) is 0 Å². The number of carbonyl (C=O) groups excluding carboxylic acids is 1. The van der Waals surface area contributed by atoms with E-state index in [1.165, 1.54) is 0 Å². The highest BCUT2D eigenvalue weighted by molar-refractivity contribution is 8.02.